The summed E-state index contributed by atoms with van der Waals surface area (Å²) in [6.45, 7) is 14.9. The average Bonchev–Trinajstić information content (AvgIpc) is 3.05. The fourth-order valence-corrected chi connectivity index (χ4v) is 6.19. The molecule has 30 heavy (non-hydrogen) atoms. The molecule has 1 aliphatic carbocycles. The lowest BCUT2D eigenvalue weighted by Crippen LogP contribution is -3.13. The number of nitrogens with zero attached hydrogens (tertiary/aromatic N) is 2. The van der Waals surface area contributed by atoms with E-state index in [9.17, 15) is 9.59 Å². The van der Waals surface area contributed by atoms with E-state index in [1.54, 1.807) is 11.3 Å². The van der Waals surface area contributed by atoms with Gasteiger partial charge in [-0.15, -0.1) is 11.3 Å². The van der Waals surface area contributed by atoms with Crippen LogP contribution in [0.4, 0.5) is 0 Å². The van der Waals surface area contributed by atoms with Crippen molar-refractivity contribution in [2.45, 2.75) is 60.4 Å². The molecule has 1 amide bonds. The van der Waals surface area contributed by atoms with Crippen molar-refractivity contribution in [3.8, 4) is 0 Å². The summed E-state index contributed by atoms with van der Waals surface area (Å²) in [5, 5.41) is 0.827. The van der Waals surface area contributed by atoms with E-state index >= 15 is 0 Å². The number of amides is 1. The van der Waals surface area contributed by atoms with Crippen LogP contribution in [0.2, 0.25) is 0 Å². The first-order chi connectivity index (χ1) is 14.1. The molecule has 0 unspecified atom stereocenters. The Kier molecular flexibility index (Phi) is 5.79. The number of H-pyrrole nitrogens is 1. The van der Waals surface area contributed by atoms with Crippen LogP contribution in [-0.2, 0) is 24.2 Å². The van der Waals surface area contributed by atoms with Crippen LogP contribution < -0.4 is 10.5 Å². The van der Waals surface area contributed by atoms with Gasteiger partial charge in [0.2, 0.25) is 5.91 Å². The van der Waals surface area contributed by atoms with Gasteiger partial charge < -0.3 is 14.8 Å². The number of nitrogens with one attached hydrogen (secondary N) is 2. The molecule has 0 saturated carbocycles. The van der Waals surface area contributed by atoms with Crippen molar-refractivity contribution in [1.82, 2.24) is 14.9 Å². The zero-order valence-electron chi connectivity index (χ0n) is 18.9. The van der Waals surface area contributed by atoms with Crippen LogP contribution in [0.5, 0.6) is 0 Å². The highest BCUT2D eigenvalue weighted by molar-refractivity contribution is 7.18. The van der Waals surface area contributed by atoms with E-state index in [-0.39, 0.29) is 17.4 Å². The predicted octanol–water partition coefficient (Wildman–Crippen LogP) is 2.02. The van der Waals surface area contributed by atoms with Gasteiger partial charge in [-0.2, -0.15) is 0 Å². The Balaban J connectivity index is 1.50. The van der Waals surface area contributed by atoms with Gasteiger partial charge in [-0.05, 0) is 36.2 Å². The van der Waals surface area contributed by atoms with E-state index in [0.29, 0.717) is 17.9 Å². The molecule has 1 fully saturated rings. The van der Waals surface area contributed by atoms with E-state index in [2.05, 4.69) is 25.8 Å². The quantitative estimate of drug-likeness (QED) is 0.781. The first-order valence-corrected chi connectivity index (χ1v) is 12.1. The second-order valence-corrected chi connectivity index (χ2v) is 11.5. The van der Waals surface area contributed by atoms with Gasteiger partial charge in [0.25, 0.3) is 5.56 Å². The molecule has 2 N–H and O–H groups in total. The van der Waals surface area contributed by atoms with E-state index in [1.807, 2.05) is 18.7 Å². The third-order valence-electron chi connectivity index (χ3n) is 6.89. The second kappa shape index (κ2) is 8.08. The molecule has 0 radical (unpaired) electrons. The highest BCUT2D eigenvalue weighted by Crippen LogP contribution is 2.41. The molecule has 2 aliphatic rings. The van der Waals surface area contributed by atoms with Crippen molar-refractivity contribution < 1.29 is 9.69 Å². The van der Waals surface area contributed by atoms with Crippen molar-refractivity contribution in [1.29, 1.82) is 0 Å². The molecule has 0 aromatic carbocycles. The number of carbonyl (C=O) groups is 1. The monoisotopic (exact) mass is 431 g/mol. The SMILES string of the molecule is CC(C)C(=O)N1CC[NH+](Cc2nc3sc4c(c3c(=O)[nH]2)CC[C@H](C(C)(C)C)C4)CC1. The Morgan fingerprint density at radius 2 is 2.00 bits per heavy atom. The Hall–Kier alpha value is -1.73. The predicted molar refractivity (Wildman–Crippen MR) is 121 cm³/mol. The van der Waals surface area contributed by atoms with Crippen LogP contribution in [0.1, 0.15) is 57.3 Å². The van der Waals surface area contributed by atoms with Gasteiger partial charge in [0.15, 0.2) is 5.82 Å². The first kappa shape index (κ1) is 21.5. The number of aromatic amines is 1. The Labute approximate surface area is 182 Å². The third kappa shape index (κ3) is 4.19. The highest BCUT2D eigenvalue weighted by Gasteiger charge is 2.32. The van der Waals surface area contributed by atoms with Gasteiger partial charge in [-0.3, -0.25) is 9.59 Å². The number of hydrogen-bond acceptors (Lipinski definition) is 4. The van der Waals surface area contributed by atoms with Crippen LogP contribution in [0.15, 0.2) is 4.79 Å². The number of hydrogen-bond donors (Lipinski definition) is 2. The highest BCUT2D eigenvalue weighted by atomic mass is 32.1. The number of piperazine rings is 1. The van der Waals surface area contributed by atoms with E-state index in [4.69, 9.17) is 4.98 Å². The zero-order valence-corrected chi connectivity index (χ0v) is 19.7. The van der Waals surface area contributed by atoms with Gasteiger partial charge in [0, 0.05) is 10.8 Å². The normalized spacial score (nSPS) is 20.7. The minimum Gasteiger partial charge on any atom is -0.331 e. The van der Waals surface area contributed by atoms with Crippen LogP contribution in [0.3, 0.4) is 0 Å². The number of fused-ring (bicyclic) bond motifs is 3. The Bertz CT molecular complexity index is 993. The number of quaternary nitrogens is 1. The van der Waals surface area contributed by atoms with Crippen LogP contribution in [-0.4, -0.2) is 47.0 Å². The molecule has 0 bridgehead atoms. The molecular weight excluding hydrogens is 396 g/mol. The summed E-state index contributed by atoms with van der Waals surface area (Å²) in [5.41, 5.74) is 1.56. The van der Waals surface area contributed by atoms with Crippen molar-refractivity contribution in [2.24, 2.45) is 17.3 Å². The maximum absolute atomic E-state index is 12.9. The molecule has 2 aromatic heterocycles. The minimum atomic E-state index is 0.0229. The topological polar surface area (TPSA) is 70.5 Å². The maximum Gasteiger partial charge on any atom is 0.260 e. The fourth-order valence-electron chi connectivity index (χ4n) is 4.87. The van der Waals surface area contributed by atoms with Crippen molar-refractivity contribution in [3.63, 3.8) is 0 Å². The fraction of sp³-hybridized carbons (Fsp3) is 0.696. The average molecular weight is 432 g/mol. The molecule has 1 saturated heterocycles. The lowest BCUT2D eigenvalue weighted by molar-refractivity contribution is -0.918. The van der Waals surface area contributed by atoms with Crippen molar-refractivity contribution >= 4 is 27.5 Å². The number of rotatable bonds is 3. The molecule has 2 aromatic rings. The van der Waals surface area contributed by atoms with Crippen LogP contribution >= 0.6 is 11.3 Å². The molecular formula is C23H35N4O2S+. The van der Waals surface area contributed by atoms with Crippen molar-refractivity contribution in [3.05, 3.63) is 26.6 Å². The Morgan fingerprint density at radius 3 is 2.63 bits per heavy atom. The lowest BCUT2D eigenvalue weighted by atomic mass is 9.72. The standard InChI is InChI=1S/C23H34N4O2S/c1-14(2)22(29)27-10-8-26(9-11-27)13-18-24-20(28)19-16-7-6-15(23(3,4)5)12-17(16)30-21(19)25-18/h14-15H,6-13H2,1-5H3,(H,24,25,28)/p+1/t15-/m0/s1. The van der Waals surface area contributed by atoms with Gasteiger partial charge in [-0.1, -0.05) is 34.6 Å². The van der Waals surface area contributed by atoms with Gasteiger partial charge in [0.1, 0.15) is 11.4 Å². The number of carbonyl (C=O) groups excluding carboxylic acids is 1. The molecule has 4 rings (SSSR count). The summed E-state index contributed by atoms with van der Waals surface area (Å²) in [5.74, 6) is 1.72. The molecule has 164 valence electrons. The minimum absolute atomic E-state index is 0.0229. The number of aromatic nitrogens is 2. The molecule has 7 heteroatoms. The summed E-state index contributed by atoms with van der Waals surface area (Å²) in [4.78, 5) is 38.6. The van der Waals surface area contributed by atoms with E-state index in [0.717, 1.165) is 61.5 Å². The first-order valence-electron chi connectivity index (χ1n) is 11.3. The molecule has 1 atom stereocenters. The molecule has 6 nitrogen and oxygen atoms in total. The van der Waals surface area contributed by atoms with E-state index < -0.39 is 0 Å². The maximum atomic E-state index is 12.9. The number of aryl methyl sites for hydroxylation is 1. The van der Waals surface area contributed by atoms with Crippen LogP contribution in [0, 0.1) is 17.3 Å². The Morgan fingerprint density at radius 1 is 1.30 bits per heavy atom. The number of thiophene rings is 1. The summed E-state index contributed by atoms with van der Waals surface area (Å²) in [6.07, 6.45) is 3.19. The van der Waals surface area contributed by atoms with Crippen LogP contribution in [0.25, 0.3) is 10.2 Å². The van der Waals surface area contributed by atoms with E-state index in [1.165, 1.54) is 15.3 Å². The summed E-state index contributed by atoms with van der Waals surface area (Å²) in [6, 6.07) is 0. The van der Waals surface area contributed by atoms with Crippen molar-refractivity contribution in [2.75, 3.05) is 26.2 Å². The lowest BCUT2D eigenvalue weighted by Gasteiger charge is -2.33. The third-order valence-corrected chi connectivity index (χ3v) is 8.03. The summed E-state index contributed by atoms with van der Waals surface area (Å²) >= 11 is 1.72. The zero-order chi connectivity index (χ0) is 21.6. The smallest absolute Gasteiger partial charge is 0.260 e. The molecule has 0 spiro atoms. The van der Waals surface area contributed by atoms with Gasteiger partial charge in [0.05, 0.1) is 31.6 Å². The molecule has 3 heterocycles. The largest absolute Gasteiger partial charge is 0.331 e. The molecule has 1 aliphatic heterocycles. The second-order valence-electron chi connectivity index (χ2n) is 10.4. The summed E-state index contributed by atoms with van der Waals surface area (Å²) in [7, 11) is 0. The van der Waals surface area contributed by atoms with Gasteiger partial charge in [-0.25, -0.2) is 4.98 Å². The van der Waals surface area contributed by atoms with Gasteiger partial charge >= 0.3 is 0 Å². The summed E-state index contributed by atoms with van der Waals surface area (Å²) < 4.78 is 0.